The van der Waals surface area contributed by atoms with Crippen molar-refractivity contribution >= 4 is 18.0 Å². The molecule has 0 spiro atoms. The summed E-state index contributed by atoms with van der Waals surface area (Å²) in [6, 6.07) is 0. The maximum Gasteiger partial charge on any atom is 0.336 e. The molecule has 3 fully saturated rings. The van der Waals surface area contributed by atoms with Crippen LogP contribution in [0.5, 0.6) is 0 Å². The van der Waals surface area contributed by atoms with Crippen LogP contribution in [-0.2, 0) is 19.1 Å². The van der Waals surface area contributed by atoms with Crippen molar-refractivity contribution in [1.82, 2.24) is 0 Å². The Morgan fingerprint density at radius 2 is 1.83 bits per heavy atom. The molecule has 11 atom stereocenters. The Morgan fingerprint density at radius 1 is 1.22 bits per heavy atom. The quantitative estimate of drug-likeness (QED) is 0.262. The second kappa shape index (κ2) is 8.45. The van der Waals surface area contributed by atoms with Gasteiger partial charge in [-0.2, -0.15) is 0 Å². The molecule has 0 amide bonds. The second-order valence-electron chi connectivity index (χ2n) is 12.8. The first kappa shape index (κ1) is 27.4. The van der Waals surface area contributed by atoms with E-state index in [9.17, 15) is 24.9 Å². The van der Waals surface area contributed by atoms with Gasteiger partial charge in [0.05, 0.1) is 18.3 Å². The van der Waals surface area contributed by atoms with Crippen molar-refractivity contribution in [1.29, 1.82) is 5.41 Å². The van der Waals surface area contributed by atoms with E-state index in [1.807, 2.05) is 48.5 Å². The van der Waals surface area contributed by atoms with Crippen molar-refractivity contribution in [3.63, 3.8) is 0 Å². The average molecular weight is 506 g/mol. The number of ketones is 1. The summed E-state index contributed by atoms with van der Waals surface area (Å²) in [5, 5.41) is 42.2. The second-order valence-corrected chi connectivity index (χ2v) is 12.8. The lowest BCUT2D eigenvalue weighted by molar-refractivity contribution is -0.328. The maximum atomic E-state index is 14.4. The zero-order chi connectivity index (χ0) is 27.2. The minimum Gasteiger partial charge on any atom is -0.456 e. The van der Waals surface area contributed by atoms with Gasteiger partial charge in [0.15, 0.2) is 6.10 Å². The molecule has 1 heterocycles. The third-order valence-corrected chi connectivity index (χ3v) is 10.9. The van der Waals surface area contributed by atoms with Gasteiger partial charge in [0.25, 0.3) is 0 Å². The third kappa shape index (κ3) is 3.30. The number of carbonyl (C=O) groups excluding carboxylic acids is 2. The normalized spacial score (nSPS) is 47.4. The Bertz CT molecular complexity index is 1010. The van der Waals surface area contributed by atoms with Crippen molar-refractivity contribution < 1.29 is 34.4 Å². The van der Waals surface area contributed by atoms with Crippen LogP contribution in [0.1, 0.15) is 68.2 Å². The summed E-state index contributed by atoms with van der Waals surface area (Å²) in [4.78, 5) is 27.2. The Hall–Kier alpha value is -1.61. The van der Waals surface area contributed by atoms with Crippen LogP contribution in [0.3, 0.4) is 0 Å². The van der Waals surface area contributed by atoms with Crippen molar-refractivity contribution in [3.8, 4) is 0 Å². The van der Waals surface area contributed by atoms with Gasteiger partial charge in [-0.3, -0.25) is 4.79 Å². The number of esters is 1. The number of hydrogen-bond acceptors (Lipinski definition) is 8. The Morgan fingerprint density at radius 3 is 2.36 bits per heavy atom. The molecule has 4 rings (SSSR count). The number of aliphatic hydroxyl groups excluding tert-OH is 1. The predicted molar refractivity (Wildman–Crippen MR) is 133 cm³/mol. The molecule has 0 aromatic rings. The number of Topliss-reactive ketones (excluding diaryl/α,β-unsaturated/α-hetero) is 1. The van der Waals surface area contributed by atoms with Crippen LogP contribution in [0, 0.1) is 45.8 Å². The van der Waals surface area contributed by atoms with E-state index in [0.717, 1.165) is 17.4 Å². The molecule has 7 unspecified atom stereocenters. The summed E-state index contributed by atoms with van der Waals surface area (Å²) in [7, 11) is 0. The van der Waals surface area contributed by atoms with Gasteiger partial charge in [0, 0.05) is 41.2 Å². The van der Waals surface area contributed by atoms with E-state index in [0.29, 0.717) is 6.42 Å². The van der Waals surface area contributed by atoms with E-state index in [1.165, 1.54) is 0 Å². The monoisotopic (exact) mass is 505 g/mol. The van der Waals surface area contributed by atoms with Crippen molar-refractivity contribution in [2.75, 3.05) is 6.61 Å². The van der Waals surface area contributed by atoms with Crippen molar-refractivity contribution in [2.45, 2.75) is 97.7 Å². The van der Waals surface area contributed by atoms with E-state index in [-0.39, 0.29) is 30.8 Å². The first-order valence-electron chi connectivity index (χ1n) is 13.2. The summed E-state index contributed by atoms with van der Waals surface area (Å²) >= 11 is 0. The third-order valence-electron chi connectivity index (χ3n) is 10.9. The molecule has 4 aliphatic rings. The summed E-state index contributed by atoms with van der Waals surface area (Å²) < 4.78 is 11.5. The minimum absolute atomic E-state index is 0.0274. The van der Waals surface area contributed by atoms with Gasteiger partial charge < -0.3 is 30.2 Å². The molecule has 202 valence electrons. The van der Waals surface area contributed by atoms with Crippen LogP contribution >= 0.6 is 0 Å². The van der Waals surface area contributed by atoms with Crippen LogP contribution in [0.2, 0.25) is 0 Å². The first-order chi connectivity index (χ1) is 16.5. The minimum atomic E-state index is -1.50. The molecule has 2 bridgehead atoms. The Balaban J connectivity index is 1.88. The molecular formula is C28H43NO7. The van der Waals surface area contributed by atoms with Crippen LogP contribution < -0.4 is 0 Å². The average Bonchev–Trinajstić information content (AvgIpc) is 2.81. The number of carbonyl (C=O) groups is 2. The molecule has 1 aliphatic heterocycles. The summed E-state index contributed by atoms with van der Waals surface area (Å²) in [5.41, 5.74) is -2.88. The Labute approximate surface area is 213 Å². The molecule has 1 saturated heterocycles. The zero-order valence-corrected chi connectivity index (χ0v) is 22.8. The zero-order valence-electron chi connectivity index (χ0n) is 22.8. The van der Waals surface area contributed by atoms with Crippen LogP contribution in [0.15, 0.2) is 11.1 Å². The number of rotatable bonds is 4. The fraction of sp³-hybridized carbons (Fsp3) is 0.821. The smallest absolute Gasteiger partial charge is 0.336 e. The molecule has 2 saturated carbocycles. The van der Waals surface area contributed by atoms with Gasteiger partial charge in [-0.15, -0.1) is 0 Å². The summed E-state index contributed by atoms with van der Waals surface area (Å²) in [5.74, 6) is -3.24. The first-order valence-corrected chi connectivity index (χ1v) is 13.2. The molecule has 8 nitrogen and oxygen atoms in total. The van der Waals surface area contributed by atoms with Crippen molar-refractivity contribution in [2.24, 2.45) is 40.4 Å². The van der Waals surface area contributed by atoms with E-state index in [1.54, 1.807) is 6.92 Å². The lowest BCUT2D eigenvalue weighted by atomic mass is 9.41. The fourth-order valence-electron chi connectivity index (χ4n) is 8.42. The maximum absolute atomic E-state index is 14.4. The van der Waals surface area contributed by atoms with Gasteiger partial charge in [-0.1, -0.05) is 48.5 Å². The molecule has 0 aromatic heterocycles. The summed E-state index contributed by atoms with van der Waals surface area (Å²) in [6.45, 7) is 15.1. The van der Waals surface area contributed by atoms with E-state index >= 15 is 0 Å². The number of nitrogens with one attached hydrogen (secondary N) is 1. The highest BCUT2D eigenvalue weighted by molar-refractivity contribution is 5.91. The van der Waals surface area contributed by atoms with E-state index < -0.39 is 63.9 Å². The van der Waals surface area contributed by atoms with Crippen LogP contribution in [-0.4, -0.2) is 69.4 Å². The van der Waals surface area contributed by atoms with Crippen LogP contribution in [0.4, 0.5) is 0 Å². The molecule has 8 heteroatoms. The highest BCUT2D eigenvalue weighted by Gasteiger charge is 2.73. The molecule has 36 heavy (non-hydrogen) atoms. The molecular weight excluding hydrogens is 462 g/mol. The van der Waals surface area contributed by atoms with Gasteiger partial charge in [-0.25, -0.2) is 4.79 Å². The largest absolute Gasteiger partial charge is 0.456 e. The molecule has 0 aromatic carbocycles. The van der Waals surface area contributed by atoms with E-state index in [4.69, 9.17) is 14.9 Å². The fourth-order valence-corrected chi connectivity index (χ4v) is 8.42. The molecule has 3 aliphatic carbocycles. The summed E-state index contributed by atoms with van der Waals surface area (Å²) in [6.07, 6.45) is -1.07. The lowest BCUT2D eigenvalue weighted by Crippen LogP contribution is -2.77. The highest BCUT2D eigenvalue weighted by Crippen LogP contribution is 2.66. The van der Waals surface area contributed by atoms with Crippen molar-refractivity contribution in [3.05, 3.63) is 11.1 Å². The standard InChI is InChI=1S/C28H43NO7/c1-13(11-29)21(30)24(32)36-18-10-28(34)17(5)22-26(8,14(2)9-19-27(22,33)12-35-19)23(31)16(4)20(15(18)3)25(28,6)7/h11,13-14,16-19,21-22,29-30,33-34H,9-10,12H2,1-8H3/t13?,14-,16+,17?,18?,19?,21?,22?,26+,27-,28?/m0/s1. The topological polar surface area (TPSA) is 137 Å². The van der Waals surface area contributed by atoms with Gasteiger partial charge in [0.2, 0.25) is 0 Å². The number of hydrogen-bond donors (Lipinski definition) is 4. The number of ether oxygens (including phenoxy) is 2. The lowest BCUT2D eigenvalue weighted by Gasteiger charge is -2.68. The number of fused-ring (bicyclic) bond motifs is 5. The van der Waals surface area contributed by atoms with Crippen LogP contribution in [0.25, 0.3) is 0 Å². The molecule has 4 N–H and O–H groups in total. The van der Waals surface area contributed by atoms with Gasteiger partial charge >= 0.3 is 5.97 Å². The highest BCUT2D eigenvalue weighted by atomic mass is 16.6. The molecule has 0 radical (unpaired) electrons. The predicted octanol–water partition coefficient (Wildman–Crippen LogP) is 2.67. The SMILES string of the molecule is CC1=C2[C@@H](C)C(=O)[C@@]3(C)C(C(C)C(O)(CC1OC(=O)C(O)C(C)C=N)C2(C)C)[C@]1(O)COC1C[C@@H]3C. The Kier molecular flexibility index (Phi) is 6.44. The van der Waals surface area contributed by atoms with Gasteiger partial charge in [-0.05, 0) is 36.3 Å². The van der Waals surface area contributed by atoms with E-state index in [2.05, 4.69) is 0 Å². The van der Waals surface area contributed by atoms with Gasteiger partial charge in [0.1, 0.15) is 17.5 Å². The number of aliphatic hydroxyl groups is 3.